The van der Waals surface area contributed by atoms with E-state index in [9.17, 15) is 8.42 Å². The molecule has 0 bridgehead atoms. The fourth-order valence-corrected chi connectivity index (χ4v) is 4.51. The molecule has 1 saturated carbocycles. The molecule has 2 N–H and O–H groups in total. The van der Waals surface area contributed by atoms with Gasteiger partial charge in [0.1, 0.15) is 17.8 Å². The molecule has 1 fully saturated rings. The smallest absolute Gasteiger partial charge is 0.211 e. The van der Waals surface area contributed by atoms with Gasteiger partial charge >= 0.3 is 0 Å². The first-order valence-corrected chi connectivity index (χ1v) is 9.13. The van der Waals surface area contributed by atoms with Gasteiger partial charge in [0.05, 0.1) is 11.1 Å². The van der Waals surface area contributed by atoms with E-state index < -0.39 is 10.0 Å². The van der Waals surface area contributed by atoms with Crippen LogP contribution in [-0.4, -0.2) is 48.8 Å². The summed E-state index contributed by atoms with van der Waals surface area (Å²) in [6.45, 7) is 2.25. The average Bonchev–Trinajstić information content (AvgIpc) is 2.89. The van der Waals surface area contributed by atoms with E-state index in [0.29, 0.717) is 12.6 Å². The van der Waals surface area contributed by atoms with E-state index in [1.54, 1.807) is 13.3 Å². The Hall–Kier alpha value is -1.67. The van der Waals surface area contributed by atoms with E-state index >= 15 is 0 Å². The van der Waals surface area contributed by atoms with Crippen molar-refractivity contribution in [3.05, 3.63) is 18.6 Å². The molecule has 0 saturated heterocycles. The Morgan fingerprint density at radius 1 is 1.41 bits per heavy atom. The van der Waals surface area contributed by atoms with Crippen molar-refractivity contribution in [2.24, 2.45) is 5.92 Å². The predicted molar refractivity (Wildman–Crippen MR) is 86.3 cm³/mol. The van der Waals surface area contributed by atoms with Crippen LogP contribution in [-0.2, 0) is 10.0 Å². The Labute approximate surface area is 130 Å². The van der Waals surface area contributed by atoms with E-state index in [1.165, 1.54) is 0 Å². The van der Waals surface area contributed by atoms with E-state index in [4.69, 9.17) is 0 Å². The third kappa shape index (κ3) is 2.93. The Morgan fingerprint density at radius 3 is 2.91 bits per heavy atom. The van der Waals surface area contributed by atoms with Gasteiger partial charge in [-0.1, -0.05) is 6.92 Å². The third-order valence-electron chi connectivity index (χ3n) is 4.24. The number of hydrogen-bond donors (Lipinski definition) is 2. The number of rotatable bonds is 6. The van der Waals surface area contributed by atoms with Crippen molar-refractivity contribution in [3.8, 4) is 0 Å². The molecule has 0 atom stereocenters. The van der Waals surface area contributed by atoms with Crippen molar-refractivity contribution in [1.29, 1.82) is 0 Å². The van der Waals surface area contributed by atoms with Gasteiger partial charge in [-0.2, -0.15) is 0 Å². The highest BCUT2D eigenvalue weighted by Gasteiger charge is 2.35. The lowest BCUT2D eigenvalue weighted by atomic mass is 9.81. The van der Waals surface area contributed by atoms with E-state index in [-0.39, 0.29) is 11.7 Å². The maximum atomic E-state index is 11.8. The van der Waals surface area contributed by atoms with Crippen molar-refractivity contribution in [2.45, 2.75) is 25.8 Å². The standard InChI is InChI=1S/C14H21N5O2S/c1-3-18-22(20,21)8-10-6-11(7-10)19(2)14-12-4-5-15-13(12)16-9-17-14/h4-5,9-11,18H,3,6-8H2,1-2H3,(H,15,16,17). The largest absolute Gasteiger partial charge is 0.356 e. The van der Waals surface area contributed by atoms with Crippen LogP contribution in [0.15, 0.2) is 18.6 Å². The Morgan fingerprint density at radius 2 is 2.18 bits per heavy atom. The fourth-order valence-electron chi connectivity index (χ4n) is 3.05. The van der Waals surface area contributed by atoms with Crippen LogP contribution in [0.1, 0.15) is 19.8 Å². The first-order valence-electron chi connectivity index (χ1n) is 7.48. The zero-order valence-corrected chi connectivity index (χ0v) is 13.6. The number of nitrogens with one attached hydrogen (secondary N) is 2. The molecule has 8 heteroatoms. The highest BCUT2D eigenvalue weighted by molar-refractivity contribution is 7.89. The van der Waals surface area contributed by atoms with Crippen LogP contribution in [0.5, 0.6) is 0 Å². The molecule has 0 spiro atoms. The molecule has 0 aliphatic heterocycles. The van der Waals surface area contributed by atoms with Crippen LogP contribution in [0.25, 0.3) is 11.0 Å². The summed E-state index contributed by atoms with van der Waals surface area (Å²) in [5, 5.41) is 0.994. The highest BCUT2D eigenvalue weighted by atomic mass is 32.2. The average molecular weight is 323 g/mol. The zero-order chi connectivity index (χ0) is 15.7. The summed E-state index contributed by atoms with van der Waals surface area (Å²) in [6.07, 6.45) is 5.15. The third-order valence-corrected chi connectivity index (χ3v) is 5.88. The lowest BCUT2D eigenvalue weighted by Gasteiger charge is -2.41. The van der Waals surface area contributed by atoms with Crippen molar-refractivity contribution < 1.29 is 8.42 Å². The molecule has 2 heterocycles. The summed E-state index contributed by atoms with van der Waals surface area (Å²) in [5.74, 6) is 1.33. The Kier molecular flexibility index (Phi) is 4.05. The number of aromatic nitrogens is 3. The number of hydrogen-bond acceptors (Lipinski definition) is 5. The van der Waals surface area contributed by atoms with E-state index in [1.807, 2.05) is 19.3 Å². The van der Waals surface area contributed by atoms with Crippen LogP contribution in [0.2, 0.25) is 0 Å². The minimum absolute atomic E-state index is 0.217. The van der Waals surface area contributed by atoms with E-state index in [2.05, 4.69) is 24.6 Å². The minimum Gasteiger partial charge on any atom is -0.356 e. The molecule has 0 aromatic carbocycles. The molecule has 3 rings (SSSR count). The van der Waals surface area contributed by atoms with Gasteiger partial charge in [0.25, 0.3) is 0 Å². The summed E-state index contributed by atoms with van der Waals surface area (Å²) < 4.78 is 26.1. The number of fused-ring (bicyclic) bond motifs is 1. The second-order valence-electron chi connectivity index (χ2n) is 5.82. The Balaban J connectivity index is 1.64. The SMILES string of the molecule is CCNS(=O)(=O)CC1CC(N(C)c2ncnc3[nH]ccc23)C1. The van der Waals surface area contributed by atoms with Gasteiger partial charge in [-0.25, -0.2) is 23.1 Å². The first kappa shape index (κ1) is 15.2. The van der Waals surface area contributed by atoms with Crippen LogP contribution in [0.4, 0.5) is 5.82 Å². The highest BCUT2D eigenvalue weighted by Crippen LogP contribution is 2.35. The predicted octanol–water partition coefficient (Wildman–Crippen LogP) is 1.11. The number of H-pyrrole nitrogens is 1. The van der Waals surface area contributed by atoms with Crippen LogP contribution >= 0.6 is 0 Å². The molecule has 0 unspecified atom stereocenters. The monoisotopic (exact) mass is 323 g/mol. The molecule has 0 amide bonds. The molecular formula is C14H21N5O2S. The number of nitrogens with zero attached hydrogens (tertiary/aromatic N) is 3. The van der Waals surface area contributed by atoms with Crippen molar-refractivity contribution >= 4 is 26.9 Å². The lowest BCUT2D eigenvalue weighted by molar-refractivity contribution is 0.281. The maximum Gasteiger partial charge on any atom is 0.211 e. The maximum absolute atomic E-state index is 11.8. The molecule has 1 aliphatic carbocycles. The van der Waals surface area contributed by atoms with Gasteiger partial charge in [0.15, 0.2) is 0 Å². The number of sulfonamides is 1. The summed E-state index contributed by atoms with van der Waals surface area (Å²) in [6, 6.07) is 2.29. The van der Waals surface area contributed by atoms with Crippen LogP contribution in [0.3, 0.4) is 0 Å². The second-order valence-corrected chi connectivity index (χ2v) is 7.67. The van der Waals surface area contributed by atoms with Crippen molar-refractivity contribution in [3.63, 3.8) is 0 Å². The molecule has 1 aliphatic rings. The van der Waals surface area contributed by atoms with Gasteiger partial charge < -0.3 is 9.88 Å². The van der Waals surface area contributed by atoms with Gasteiger partial charge in [0.2, 0.25) is 10.0 Å². The van der Waals surface area contributed by atoms with Gasteiger partial charge in [-0.05, 0) is 24.8 Å². The van der Waals surface area contributed by atoms with E-state index in [0.717, 1.165) is 29.7 Å². The summed E-state index contributed by atoms with van der Waals surface area (Å²) in [4.78, 5) is 13.8. The molecule has 7 nitrogen and oxygen atoms in total. The molecule has 0 radical (unpaired) electrons. The second kappa shape index (κ2) is 5.85. The topological polar surface area (TPSA) is 91.0 Å². The van der Waals surface area contributed by atoms with Gasteiger partial charge in [-0.3, -0.25) is 0 Å². The summed E-state index contributed by atoms with van der Waals surface area (Å²) >= 11 is 0. The summed E-state index contributed by atoms with van der Waals surface area (Å²) in [5.41, 5.74) is 0.822. The molecule has 120 valence electrons. The molecular weight excluding hydrogens is 302 g/mol. The minimum atomic E-state index is -3.13. The van der Waals surface area contributed by atoms with Crippen LogP contribution < -0.4 is 9.62 Å². The molecule has 2 aromatic rings. The van der Waals surface area contributed by atoms with Crippen molar-refractivity contribution in [2.75, 3.05) is 24.2 Å². The first-order chi connectivity index (χ1) is 10.5. The van der Waals surface area contributed by atoms with Gasteiger partial charge in [-0.15, -0.1) is 0 Å². The van der Waals surface area contributed by atoms with Gasteiger partial charge in [0, 0.05) is 25.8 Å². The molecule has 22 heavy (non-hydrogen) atoms. The molecule has 2 aromatic heterocycles. The number of anilines is 1. The van der Waals surface area contributed by atoms with Crippen molar-refractivity contribution in [1.82, 2.24) is 19.7 Å². The number of aromatic amines is 1. The fraction of sp³-hybridized carbons (Fsp3) is 0.571. The lowest BCUT2D eigenvalue weighted by Crippen LogP contribution is -2.46. The summed E-state index contributed by atoms with van der Waals surface area (Å²) in [7, 11) is -1.12. The normalized spacial score (nSPS) is 21.7. The van der Waals surface area contributed by atoms with Crippen LogP contribution in [0, 0.1) is 5.92 Å². The quantitative estimate of drug-likeness (QED) is 0.831. The zero-order valence-electron chi connectivity index (χ0n) is 12.8. The Bertz CT molecular complexity index is 751.